The molecule has 1 heterocycles. The third-order valence-electron chi connectivity index (χ3n) is 3.01. The first-order valence-electron chi connectivity index (χ1n) is 5.72. The van der Waals surface area contributed by atoms with Gasteiger partial charge in [0.1, 0.15) is 0 Å². The summed E-state index contributed by atoms with van der Waals surface area (Å²) in [6.45, 7) is 6.98. The second kappa shape index (κ2) is 4.22. The first kappa shape index (κ1) is 11.1. The number of rotatable bonds is 2. The van der Waals surface area contributed by atoms with Gasteiger partial charge in [-0.15, -0.1) is 0 Å². The van der Waals surface area contributed by atoms with Crippen LogP contribution in [-0.2, 0) is 6.54 Å². The summed E-state index contributed by atoms with van der Waals surface area (Å²) in [5, 5.41) is 1.19. The van der Waals surface area contributed by atoms with Gasteiger partial charge in [-0.25, -0.2) is 0 Å². The number of aromatic nitrogens is 1. The zero-order chi connectivity index (χ0) is 11.7. The number of hydrogen-bond donors (Lipinski definition) is 1. The van der Waals surface area contributed by atoms with Crippen LogP contribution in [-0.4, -0.2) is 4.98 Å². The van der Waals surface area contributed by atoms with Gasteiger partial charge in [0, 0.05) is 17.6 Å². The maximum Gasteiger partial charge on any atom is 0.0739 e. The molecule has 0 aliphatic carbocycles. The molecule has 0 bridgehead atoms. The quantitative estimate of drug-likeness (QED) is 0.834. The molecule has 0 saturated heterocycles. The van der Waals surface area contributed by atoms with E-state index in [1.54, 1.807) is 0 Å². The summed E-state index contributed by atoms with van der Waals surface area (Å²) < 4.78 is 0. The Kier molecular flexibility index (Phi) is 2.92. The van der Waals surface area contributed by atoms with Gasteiger partial charge in [0.2, 0.25) is 0 Å². The van der Waals surface area contributed by atoms with Gasteiger partial charge >= 0.3 is 0 Å². The molecule has 0 spiro atoms. The number of fused-ring (bicyclic) bond motifs is 1. The predicted molar refractivity (Wildman–Crippen MR) is 68.5 cm³/mol. The average molecular weight is 214 g/mol. The number of para-hydroxylation sites is 1. The van der Waals surface area contributed by atoms with Crippen LogP contribution in [0.5, 0.6) is 0 Å². The summed E-state index contributed by atoms with van der Waals surface area (Å²) in [4.78, 5) is 4.69. The Morgan fingerprint density at radius 3 is 2.69 bits per heavy atom. The zero-order valence-corrected chi connectivity index (χ0v) is 10.1. The van der Waals surface area contributed by atoms with Crippen LogP contribution in [0.2, 0.25) is 0 Å². The summed E-state index contributed by atoms with van der Waals surface area (Å²) in [5.74, 6) is 0.499. The predicted octanol–water partition coefficient (Wildman–Crippen LogP) is 3.13. The van der Waals surface area contributed by atoms with E-state index < -0.39 is 0 Å². The average Bonchev–Trinajstić information content (AvgIpc) is 2.27. The molecule has 0 atom stereocenters. The highest BCUT2D eigenvalue weighted by atomic mass is 14.7. The van der Waals surface area contributed by atoms with Crippen molar-refractivity contribution in [2.45, 2.75) is 33.2 Å². The second-order valence-corrected chi connectivity index (χ2v) is 4.51. The Hall–Kier alpha value is -1.41. The van der Waals surface area contributed by atoms with E-state index in [1.165, 1.54) is 10.9 Å². The Labute approximate surface area is 96.5 Å². The van der Waals surface area contributed by atoms with E-state index in [9.17, 15) is 0 Å². The van der Waals surface area contributed by atoms with Crippen LogP contribution in [0.25, 0.3) is 10.9 Å². The van der Waals surface area contributed by atoms with E-state index in [0.29, 0.717) is 12.5 Å². The molecule has 84 valence electrons. The van der Waals surface area contributed by atoms with Crippen molar-refractivity contribution in [1.82, 2.24) is 4.98 Å². The molecule has 0 radical (unpaired) electrons. The molecule has 2 heteroatoms. The topological polar surface area (TPSA) is 38.9 Å². The molecule has 0 aliphatic rings. The molecule has 0 aliphatic heterocycles. The lowest BCUT2D eigenvalue weighted by Gasteiger charge is -2.11. The summed E-state index contributed by atoms with van der Waals surface area (Å²) in [5.41, 5.74) is 10.3. The maximum atomic E-state index is 5.70. The van der Waals surface area contributed by atoms with Gasteiger partial charge in [0.15, 0.2) is 0 Å². The normalized spacial score (nSPS) is 11.3. The second-order valence-electron chi connectivity index (χ2n) is 4.51. The van der Waals surface area contributed by atoms with Crippen LogP contribution in [0.3, 0.4) is 0 Å². The van der Waals surface area contributed by atoms with Crippen LogP contribution in [0.4, 0.5) is 0 Å². The van der Waals surface area contributed by atoms with E-state index in [2.05, 4.69) is 43.1 Å². The van der Waals surface area contributed by atoms with Crippen molar-refractivity contribution in [3.05, 3.63) is 41.1 Å². The number of pyridine rings is 1. The van der Waals surface area contributed by atoms with Crippen molar-refractivity contribution in [2.75, 3.05) is 0 Å². The van der Waals surface area contributed by atoms with Crippen molar-refractivity contribution in [1.29, 1.82) is 0 Å². The molecule has 2 nitrogen and oxygen atoms in total. The van der Waals surface area contributed by atoms with Crippen LogP contribution < -0.4 is 5.73 Å². The van der Waals surface area contributed by atoms with E-state index in [0.717, 1.165) is 16.8 Å². The Bertz CT molecular complexity index is 515. The lowest BCUT2D eigenvalue weighted by Crippen LogP contribution is -2.02. The standard InChI is InChI=1S/C14H18N2/c1-9(2)13-6-4-5-11-7-12(8-15)10(3)16-14(11)13/h4-7,9H,8,15H2,1-3H3. The van der Waals surface area contributed by atoms with Gasteiger partial charge < -0.3 is 5.73 Å². The molecule has 2 N–H and O–H groups in total. The number of nitrogens with two attached hydrogens (primary N) is 1. The molecular formula is C14H18N2. The Balaban J connectivity index is 2.74. The molecular weight excluding hydrogens is 196 g/mol. The van der Waals surface area contributed by atoms with E-state index in [-0.39, 0.29) is 0 Å². The van der Waals surface area contributed by atoms with E-state index >= 15 is 0 Å². The summed E-state index contributed by atoms with van der Waals surface area (Å²) in [7, 11) is 0. The molecule has 0 saturated carbocycles. The van der Waals surface area contributed by atoms with Crippen molar-refractivity contribution in [3.63, 3.8) is 0 Å². The fraction of sp³-hybridized carbons (Fsp3) is 0.357. The van der Waals surface area contributed by atoms with Gasteiger partial charge in [0.25, 0.3) is 0 Å². The number of benzene rings is 1. The highest BCUT2D eigenvalue weighted by Crippen LogP contribution is 2.25. The van der Waals surface area contributed by atoms with Crippen molar-refractivity contribution in [2.24, 2.45) is 5.73 Å². The van der Waals surface area contributed by atoms with Crippen molar-refractivity contribution < 1.29 is 0 Å². The monoisotopic (exact) mass is 214 g/mol. The minimum atomic E-state index is 0.499. The fourth-order valence-corrected chi connectivity index (χ4v) is 2.03. The van der Waals surface area contributed by atoms with Gasteiger partial charge in [-0.2, -0.15) is 0 Å². The molecule has 0 amide bonds. The smallest absolute Gasteiger partial charge is 0.0739 e. The number of hydrogen-bond acceptors (Lipinski definition) is 2. The lowest BCUT2D eigenvalue weighted by molar-refractivity contribution is 0.871. The highest BCUT2D eigenvalue weighted by Gasteiger charge is 2.08. The summed E-state index contributed by atoms with van der Waals surface area (Å²) >= 11 is 0. The largest absolute Gasteiger partial charge is 0.326 e. The number of aryl methyl sites for hydroxylation is 1. The molecule has 2 rings (SSSR count). The van der Waals surface area contributed by atoms with Gasteiger partial charge in [-0.1, -0.05) is 32.0 Å². The summed E-state index contributed by atoms with van der Waals surface area (Å²) in [6.07, 6.45) is 0. The minimum absolute atomic E-state index is 0.499. The lowest BCUT2D eigenvalue weighted by atomic mass is 9.98. The summed E-state index contributed by atoms with van der Waals surface area (Å²) in [6, 6.07) is 8.51. The maximum absolute atomic E-state index is 5.70. The molecule has 0 unspecified atom stereocenters. The van der Waals surface area contributed by atoms with Gasteiger partial charge in [0.05, 0.1) is 5.52 Å². The number of nitrogens with zero attached hydrogens (tertiary/aromatic N) is 1. The third kappa shape index (κ3) is 1.81. The van der Waals surface area contributed by atoms with Crippen molar-refractivity contribution >= 4 is 10.9 Å². The van der Waals surface area contributed by atoms with Crippen LogP contribution >= 0.6 is 0 Å². The fourth-order valence-electron chi connectivity index (χ4n) is 2.03. The minimum Gasteiger partial charge on any atom is -0.326 e. The SMILES string of the molecule is Cc1nc2c(C(C)C)cccc2cc1CN. The van der Waals surface area contributed by atoms with Gasteiger partial charge in [-0.3, -0.25) is 4.98 Å². The van der Waals surface area contributed by atoms with E-state index in [4.69, 9.17) is 5.73 Å². The Morgan fingerprint density at radius 2 is 2.06 bits per heavy atom. The first-order valence-corrected chi connectivity index (χ1v) is 5.72. The molecule has 2 aromatic rings. The van der Waals surface area contributed by atoms with Crippen LogP contribution in [0, 0.1) is 6.92 Å². The highest BCUT2D eigenvalue weighted by molar-refractivity contribution is 5.83. The molecule has 0 fully saturated rings. The molecule has 1 aromatic heterocycles. The molecule has 16 heavy (non-hydrogen) atoms. The third-order valence-corrected chi connectivity index (χ3v) is 3.01. The van der Waals surface area contributed by atoms with E-state index in [1.807, 2.05) is 6.92 Å². The van der Waals surface area contributed by atoms with Crippen LogP contribution in [0.15, 0.2) is 24.3 Å². The van der Waals surface area contributed by atoms with Gasteiger partial charge in [-0.05, 0) is 30.0 Å². The van der Waals surface area contributed by atoms with Crippen LogP contribution in [0.1, 0.15) is 36.6 Å². The van der Waals surface area contributed by atoms with Crippen molar-refractivity contribution in [3.8, 4) is 0 Å². The molecule has 1 aromatic carbocycles. The zero-order valence-electron chi connectivity index (χ0n) is 10.1. The first-order chi connectivity index (χ1) is 7.63. The Morgan fingerprint density at radius 1 is 1.31 bits per heavy atom.